The van der Waals surface area contributed by atoms with E-state index < -0.39 is 0 Å². The van der Waals surface area contributed by atoms with Crippen molar-refractivity contribution in [2.75, 3.05) is 18.0 Å². The van der Waals surface area contributed by atoms with Crippen molar-refractivity contribution < 1.29 is 5.11 Å². The first-order chi connectivity index (χ1) is 14.7. The Balaban J connectivity index is 1.31. The maximum Gasteiger partial charge on any atom is 0.115 e. The van der Waals surface area contributed by atoms with Crippen LogP contribution in [0.5, 0.6) is 0 Å². The molecule has 2 unspecified atom stereocenters. The molecule has 2 aromatic heterocycles. The van der Waals surface area contributed by atoms with Gasteiger partial charge in [0.25, 0.3) is 0 Å². The normalized spacial score (nSPS) is 20.5. The molecule has 2 aliphatic rings. The van der Waals surface area contributed by atoms with Gasteiger partial charge in [0.05, 0.1) is 48.4 Å². The van der Waals surface area contributed by atoms with Crippen LogP contribution in [-0.4, -0.2) is 43.8 Å². The molecule has 5 rings (SSSR count). The van der Waals surface area contributed by atoms with Gasteiger partial charge in [-0.3, -0.25) is 0 Å². The first kappa shape index (κ1) is 19.0. The van der Waals surface area contributed by atoms with Crippen LogP contribution >= 0.6 is 0 Å². The van der Waals surface area contributed by atoms with Crippen LogP contribution < -0.4 is 4.90 Å². The molecule has 0 aliphatic carbocycles. The number of aliphatic hydroxyl groups excluding tert-OH is 1. The van der Waals surface area contributed by atoms with Crippen molar-refractivity contribution in [1.82, 2.24) is 19.5 Å². The molecular weight excluding hydrogens is 374 g/mol. The molecule has 0 amide bonds. The molecule has 1 saturated heterocycles. The summed E-state index contributed by atoms with van der Waals surface area (Å²) >= 11 is 0. The maximum absolute atomic E-state index is 11.2. The van der Waals surface area contributed by atoms with Crippen LogP contribution in [-0.2, 0) is 0 Å². The summed E-state index contributed by atoms with van der Waals surface area (Å²) in [6.07, 6.45) is 11.5. The molecule has 6 nitrogen and oxygen atoms in total. The molecule has 2 atom stereocenters. The van der Waals surface area contributed by atoms with Gasteiger partial charge >= 0.3 is 0 Å². The van der Waals surface area contributed by atoms with Crippen LogP contribution in [0.3, 0.4) is 0 Å². The fraction of sp³-hybridized carbons (Fsp3) is 0.375. The van der Waals surface area contributed by atoms with E-state index in [1.54, 1.807) is 6.33 Å². The zero-order chi connectivity index (χ0) is 20.5. The first-order valence-electron chi connectivity index (χ1n) is 10.7. The molecule has 2 aliphatic heterocycles. The van der Waals surface area contributed by atoms with Crippen molar-refractivity contribution >= 4 is 16.8 Å². The Morgan fingerprint density at radius 3 is 2.50 bits per heavy atom. The van der Waals surface area contributed by atoms with Gasteiger partial charge in [-0.15, -0.1) is 0 Å². The number of aliphatic hydroxyl groups is 1. The van der Waals surface area contributed by atoms with Crippen LogP contribution in [0.4, 0.5) is 5.69 Å². The smallest absolute Gasteiger partial charge is 0.115 e. The second-order valence-corrected chi connectivity index (χ2v) is 8.33. The quantitative estimate of drug-likeness (QED) is 0.704. The average molecular weight is 402 g/mol. The molecule has 0 bridgehead atoms. The summed E-state index contributed by atoms with van der Waals surface area (Å²) in [5.74, 6) is 0.302. The molecule has 154 valence electrons. The molecule has 1 fully saturated rings. The third kappa shape index (κ3) is 3.41. The SMILES string of the molecule is CC1=C(c2ccccc2)C(CC(O)C2CCN(c3cncnc3)CC2)n2cncc21. The summed E-state index contributed by atoms with van der Waals surface area (Å²) in [6, 6.07) is 10.7. The van der Waals surface area contributed by atoms with Crippen LogP contribution in [0.1, 0.15) is 43.5 Å². The summed E-state index contributed by atoms with van der Waals surface area (Å²) in [5, 5.41) is 11.2. The van der Waals surface area contributed by atoms with Crippen molar-refractivity contribution in [2.24, 2.45) is 5.92 Å². The molecule has 0 saturated carbocycles. The van der Waals surface area contributed by atoms with E-state index in [1.807, 2.05) is 31.0 Å². The highest BCUT2D eigenvalue weighted by Gasteiger charge is 2.34. The average Bonchev–Trinajstić information content (AvgIpc) is 3.38. The van der Waals surface area contributed by atoms with E-state index in [9.17, 15) is 5.11 Å². The summed E-state index contributed by atoms with van der Waals surface area (Å²) < 4.78 is 2.23. The lowest BCUT2D eigenvalue weighted by Gasteiger charge is -2.36. The van der Waals surface area contributed by atoms with E-state index in [4.69, 9.17) is 0 Å². The fourth-order valence-electron chi connectivity index (χ4n) is 5.05. The minimum absolute atomic E-state index is 0.125. The van der Waals surface area contributed by atoms with Gasteiger partial charge in [0.1, 0.15) is 6.33 Å². The Bertz CT molecular complexity index is 1020. The van der Waals surface area contributed by atoms with Crippen molar-refractivity contribution in [3.63, 3.8) is 0 Å². The molecule has 0 spiro atoms. The highest BCUT2D eigenvalue weighted by Crippen LogP contribution is 2.45. The van der Waals surface area contributed by atoms with Crippen LogP contribution in [0, 0.1) is 5.92 Å². The number of piperidine rings is 1. The largest absolute Gasteiger partial charge is 0.393 e. The highest BCUT2D eigenvalue weighted by molar-refractivity contribution is 5.93. The number of imidazole rings is 1. The maximum atomic E-state index is 11.2. The van der Waals surface area contributed by atoms with Crippen molar-refractivity contribution in [1.29, 1.82) is 0 Å². The predicted octanol–water partition coefficient (Wildman–Crippen LogP) is 3.83. The van der Waals surface area contributed by atoms with Gasteiger partial charge in [0, 0.05) is 13.1 Å². The lowest BCUT2D eigenvalue weighted by Crippen LogP contribution is -2.38. The lowest BCUT2D eigenvalue weighted by molar-refractivity contribution is 0.0770. The zero-order valence-corrected chi connectivity index (χ0v) is 17.2. The third-order valence-electron chi connectivity index (χ3n) is 6.67. The molecule has 4 heterocycles. The van der Waals surface area contributed by atoms with Gasteiger partial charge in [0.15, 0.2) is 0 Å². The fourth-order valence-corrected chi connectivity index (χ4v) is 5.05. The van der Waals surface area contributed by atoms with Crippen LogP contribution in [0.2, 0.25) is 0 Å². The number of hydrogen-bond acceptors (Lipinski definition) is 5. The van der Waals surface area contributed by atoms with Gasteiger partial charge < -0.3 is 14.6 Å². The molecular formula is C24H27N5O. The first-order valence-corrected chi connectivity index (χ1v) is 10.7. The van der Waals surface area contributed by atoms with Crippen molar-refractivity contribution in [2.45, 2.75) is 38.3 Å². The highest BCUT2D eigenvalue weighted by atomic mass is 16.3. The van der Waals surface area contributed by atoms with E-state index in [1.165, 1.54) is 16.7 Å². The van der Waals surface area contributed by atoms with E-state index in [0.717, 1.165) is 37.3 Å². The summed E-state index contributed by atoms with van der Waals surface area (Å²) in [6.45, 7) is 4.02. The number of hydrogen-bond donors (Lipinski definition) is 1. The van der Waals surface area contributed by atoms with Crippen molar-refractivity contribution in [3.8, 4) is 0 Å². The predicted molar refractivity (Wildman–Crippen MR) is 118 cm³/mol. The summed E-state index contributed by atoms with van der Waals surface area (Å²) in [4.78, 5) is 14.9. The van der Waals surface area contributed by atoms with Crippen LogP contribution in [0.25, 0.3) is 11.1 Å². The zero-order valence-electron chi connectivity index (χ0n) is 17.2. The van der Waals surface area contributed by atoms with Gasteiger partial charge in [-0.25, -0.2) is 15.0 Å². The monoisotopic (exact) mass is 401 g/mol. The standard InChI is InChI=1S/C24H27N5O/c1-17-22-14-27-16-29(22)21(24(17)19-5-3-2-4-6-19)11-23(30)18-7-9-28(10-8-18)20-12-25-15-26-13-20/h2-6,12-16,18,21,23,30H,7-11H2,1H3. The molecule has 1 aromatic carbocycles. The Morgan fingerprint density at radius 2 is 1.77 bits per heavy atom. The van der Waals surface area contributed by atoms with Gasteiger partial charge in [-0.05, 0) is 48.8 Å². The molecule has 30 heavy (non-hydrogen) atoms. The summed E-state index contributed by atoms with van der Waals surface area (Å²) in [7, 11) is 0. The Morgan fingerprint density at radius 1 is 1.03 bits per heavy atom. The number of aromatic nitrogens is 4. The summed E-state index contributed by atoms with van der Waals surface area (Å²) in [5.41, 5.74) is 6.02. The van der Waals surface area contributed by atoms with E-state index in [-0.39, 0.29) is 12.1 Å². The van der Waals surface area contributed by atoms with E-state index in [0.29, 0.717) is 12.3 Å². The van der Waals surface area contributed by atoms with E-state index in [2.05, 4.69) is 55.6 Å². The van der Waals surface area contributed by atoms with Crippen molar-refractivity contribution in [3.05, 3.63) is 72.8 Å². The second kappa shape index (κ2) is 8.03. The number of allylic oxidation sites excluding steroid dienone is 2. The Labute approximate surface area is 176 Å². The van der Waals surface area contributed by atoms with Gasteiger partial charge in [-0.1, -0.05) is 30.3 Å². The van der Waals surface area contributed by atoms with E-state index >= 15 is 0 Å². The number of benzene rings is 1. The topological polar surface area (TPSA) is 67.1 Å². The Kier molecular flexibility index (Phi) is 5.09. The van der Waals surface area contributed by atoms with Gasteiger partial charge in [-0.2, -0.15) is 0 Å². The minimum atomic E-state index is -0.343. The van der Waals surface area contributed by atoms with Crippen LogP contribution in [0.15, 0.2) is 61.6 Å². The number of anilines is 1. The second-order valence-electron chi connectivity index (χ2n) is 8.33. The molecule has 0 radical (unpaired) electrons. The molecule has 6 heteroatoms. The number of nitrogens with zero attached hydrogens (tertiary/aromatic N) is 5. The number of rotatable bonds is 5. The minimum Gasteiger partial charge on any atom is -0.393 e. The van der Waals surface area contributed by atoms with Gasteiger partial charge in [0.2, 0.25) is 0 Å². The molecule has 3 aromatic rings. The third-order valence-corrected chi connectivity index (χ3v) is 6.67. The lowest BCUT2D eigenvalue weighted by atomic mass is 9.85. The molecule has 1 N–H and O–H groups in total. The number of fused-ring (bicyclic) bond motifs is 1. The Hall–Kier alpha value is -2.99.